The van der Waals surface area contributed by atoms with Crippen molar-refractivity contribution in [1.82, 2.24) is 0 Å². The van der Waals surface area contributed by atoms with E-state index in [1.54, 1.807) is 6.92 Å². The predicted octanol–water partition coefficient (Wildman–Crippen LogP) is 2.99. The van der Waals surface area contributed by atoms with Gasteiger partial charge in [-0.15, -0.1) is 0 Å². The van der Waals surface area contributed by atoms with Gasteiger partial charge in [-0.1, -0.05) is 11.7 Å². The molecule has 0 aromatic rings. The minimum Gasteiger partial charge on any atom is -0.207 e. The monoisotopic (exact) mass is 188 g/mol. The van der Waals surface area contributed by atoms with Gasteiger partial charge in [0.2, 0.25) is 0 Å². The third kappa shape index (κ3) is 1.36. The summed E-state index contributed by atoms with van der Waals surface area (Å²) in [7, 11) is 1.31. The van der Waals surface area contributed by atoms with E-state index in [0.29, 0.717) is 12.8 Å². The van der Waals surface area contributed by atoms with Crippen molar-refractivity contribution in [2.75, 3.05) is 13.6 Å². The second kappa shape index (κ2) is 2.55. The first-order valence-electron chi connectivity index (χ1n) is 3.65. The van der Waals surface area contributed by atoms with Gasteiger partial charge in [0, 0.05) is 12.8 Å². The summed E-state index contributed by atoms with van der Waals surface area (Å²) >= 11 is -4.91. The highest BCUT2D eigenvalue weighted by Crippen LogP contribution is 2.64. The van der Waals surface area contributed by atoms with Crippen LogP contribution in [0.1, 0.15) is 19.8 Å². The Hall–Kier alpha value is 0.100. The number of halogens is 3. The van der Waals surface area contributed by atoms with Crippen molar-refractivity contribution in [3.8, 4) is 0 Å². The second-order valence-corrected chi connectivity index (χ2v) is 4.87. The van der Waals surface area contributed by atoms with Crippen molar-refractivity contribution in [2.45, 2.75) is 25.8 Å². The Morgan fingerprint density at radius 2 is 1.91 bits per heavy atom. The first-order chi connectivity index (χ1) is 4.88. The Morgan fingerprint density at radius 3 is 2.09 bits per heavy atom. The molecule has 0 radical (unpaired) electrons. The molecule has 0 bridgehead atoms. The molecule has 11 heavy (non-hydrogen) atoms. The quantitative estimate of drug-likeness (QED) is 0.555. The number of likely N-dealkylation sites (tertiary alicyclic amines) is 1. The minimum absolute atomic E-state index is 0.231. The summed E-state index contributed by atoms with van der Waals surface area (Å²) in [6.07, 6.45) is 1.42. The fraction of sp³-hybridized carbons (Fsp3) is 1.00. The maximum Gasteiger partial charge on any atom is 0.382 e. The van der Waals surface area contributed by atoms with Gasteiger partial charge < -0.3 is 0 Å². The van der Waals surface area contributed by atoms with Crippen LogP contribution in [0.15, 0.2) is 0 Å². The van der Waals surface area contributed by atoms with Gasteiger partial charge in [-0.05, 0) is 6.92 Å². The lowest BCUT2D eigenvalue weighted by atomic mass is 10.2. The zero-order valence-electron chi connectivity index (χ0n) is 6.69. The first kappa shape index (κ1) is 9.19. The molecule has 0 N–H and O–H groups in total. The zero-order valence-corrected chi connectivity index (χ0v) is 7.50. The standard InChI is InChI=1S/C6H13F3NS/c1-6-4-3-5-10(6,2)11(7,8)9/h6H,3-5H2,1-2H3/q+1. The van der Waals surface area contributed by atoms with Crippen LogP contribution >= 0.6 is 11.4 Å². The zero-order chi connectivity index (χ0) is 8.70. The van der Waals surface area contributed by atoms with Crippen molar-refractivity contribution in [2.24, 2.45) is 0 Å². The topological polar surface area (TPSA) is 0 Å². The molecule has 2 unspecified atom stereocenters. The summed E-state index contributed by atoms with van der Waals surface area (Å²) in [6.45, 7) is 1.97. The lowest BCUT2D eigenvalue weighted by molar-refractivity contribution is -0.801. The summed E-state index contributed by atoms with van der Waals surface area (Å²) in [5, 5.41) is 0. The smallest absolute Gasteiger partial charge is 0.207 e. The summed E-state index contributed by atoms with van der Waals surface area (Å²) in [6, 6.07) is -0.231. The van der Waals surface area contributed by atoms with Crippen molar-refractivity contribution >= 4 is 11.4 Å². The van der Waals surface area contributed by atoms with Crippen LogP contribution in [-0.4, -0.2) is 23.5 Å². The van der Waals surface area contributed by atoms with Crippen LogP contribution in [0.3, 0.4) is 0 Å². The van der Waals surface area contributed by atoms with Crippen LogP contribution in [0.5, 0.6) is 0 Å². The molecular weight excluding hydrogens is 175 g/mol. The van der Waals surface area contributed by atoms with Crippen molar-refractivity contribution in [1.29, 1.82) is 0 Å². The Kier molecular flexibility index (Phi) is 2.13. The first-order valence-corrected chi connectivity index (χ1v) is 4.94. The van der Waals surface area contributed by atoms with Gasteiger partial charge in [0.05, 0.1) is 13.6 Å². The van der Waals surface area contributed by atoms with Gasteiger partial charge in [0.1, 0.15) is 6.04 Å². The average Bonchev–Trinajstić information content (AvgIpc) is 2.12. The van der Waals surface area contributed by atoms with E-state index < -0.39 is 15.3 Å². The largest absolute Gasteiger partial charge is 0.382 e. The van der Waals surface area contributed by atoms with Gasteiger partial charge in [-0.3, -0.25) is 0 Å². The number of quaternary nitrogens is 1. The Bertz CT molecular complexity index is 158. The van der Waals surface area contributed by atoms with E-state index >= 15 is 0 Å². The molecule has 1 heterocycles. The molecule has 0 spiro atoms. The molecule has 1 nitrogen and oxygen atoms in total. The maximum atomic E-state index is 12.5. The van der Waals surface area contributed by atoms with E-state index in [2.05, 4.69) is 0 Å². The van der Waals surface area contributed by atoms with Crippen LogP contribution in [-0.2, 0) is 0 Å². The highest BCUT2D eigenvalue weighted by Gasteiger charge is 2.52. The summed E-state index contributed by atoms with van der Waals surface area (Å²) in [5.41, 5.74) is 0. The number of rotatable bonds is 1. The number of hydrogen-bond donors (Lipinski definition) is 0. The molecule has 1 aliphatic rings. The van der Waals surface area contributed by atoms with Crippen LogP contribution < -0.4 is 0 Å². The predicted molar refractivity (Wildman–Crippen MR) is 40.7 cm³/mol. The molecule has 0 aromatic heterocycles. The third-order valence-corrected chi connectivity index (χ3v) is 4.12. The molecule has 0 saturated carbocycles. The molecule has 1 aliphatic heterocycles. The molecule has 1 rings (SSSR count). The van der Waals surface area contributed by atoms with Crippen molar-refractivity contribution in [3.05, 3.63) is 0 Å². The molecule has 1 saturated heterocycles. The van der Waals surface area contributed by atoms with Crippen LogP contribution in [0.4, 0.5) is 11.7 Å². The molecule has 5 heteroatoms. The van der Waals surface area contributed by atoms with E-state index in [1.807, 2.05) is 0 Å². The van der Waals surface area contributed by atoms with Gasteiger partial charge in [-0.25, -0.2) is 3.89 Å². The normalized spacial score (nSPS) is 41.0. The average molecular weight is 188 g/mol. The summed E-state index contributed by atoms with van der Waals surface area (Å²) in [5.74, 6) is 0. The lowest BCUT2D eigenvalue weighted by Gasteiger charge is -2.36. The molecule has 2 atom stereocenters. The van der Waals surface area contributed by atoms with E-state index in [0.717, 1.165) is 0 Å². The molecule has 0 aliphatic carbocycles. The van der Waals surface area contributed by atoms with Gasteiger partial charge in [-0.2, -0.15) is 0 Å². The Labute approximate surface area is 67.1 Å². The molecular formula is C6H13F3NS+. The van der Waals surface area contributed by atoms with Crippen LogP contribution in [0.25, 0.3) is 0 Å². The van der Waals surface area contributed by atoms with E-state index in [-0.39, 0.29) is 12.6 Å². The summed E-state index contributed by atoms with van der Waals surface area (Å²) in [4.78, 5) is 0. The van der Waals surface area contributed by atoms with Crippen LogP contribution in [0, 0.1) is 0 Å². The molecule has 68 valence electrons. The molecule has 0 amide bonds. The number of hydrogen-bond acceptors (Lipinski definition) is 0. The van der Waals surface area contributed by atoms with E-state index in [4.69, 9.17) is 0 Å². The van der Waals surface area contributed by atoms with Crippen molar-refractivity contribution < 1.29 is 15.5 Å². The highest BCUT2D eigenvalue weighted by atomic mass is 32.3. The molecule has 1 fully saturated rings. The number of nitrogens with zero attached hydrogens (tertiary/aromatic N) is 1. The summed E-state index contributed by atoms with van der Waals surface area (Å²) < 4.78 is 36.7. The minimum atomic E-state index is -4.91. The van der Waals surface area contributed by atoms with E-state index in [1.165, 1.54) is 7.05 Å². The SMILES string of the molecule is CC1CCC[N+]1(C)S(F)(F)F. The van der Waals surface area contributed by atoms with Crippen molar-refractivity contribution in [3.63, 3.8) is 0 Å². The van der Waals surface area contributed by atoms with Gasteiger partial charge in [0.15, 0.2) is 0 Å². The Balaban J connectivity index is 2.81. The van der Waals surface area contributed by atoms with E-state index in [9.17, 15) is 11.7 Å². The van der Waals surface area contributed by atoms with Gasteiger partial charge in [0.25, 0.3) is 0 Å². The highest BCUT2D eigenvalue weighted by molar-refractivity contribution is 8.15. The van der Waals surface area contributed by atoms with Gasteiger partial charge >= 0.3 is 11.4 Å². The fourth-order valence-corrected chi connectivity index (χ4v) is 2.35. The lowest BCUT2D eigenvalue weighted by Crippen LogP contribution is -2.43. The Morgan fingerprint density at radius 1 is 1.36 bits per heavy atom. The molecule has 0 aromatic carbocycles. The second-order valence-electron chi connectivity index (χ2n) is 3.27. The maximum absolute atomic E-state index is 12.5. The fourth-order valence-electron chi connectivity index (χ4n) is 1.50. The van der Waals surface area contributed by atoms with Crippen LogP contribution in [0.2, 0.25) is 0 Å². The third-order valence-electron chi connectivity index (χ3n) is 2.63.